The van der Waals surface area contributed by atoms with Gasteiger partial charge in [-0.3, -0.25) is 9.59 Å². The minimum atomic E-state index is -4.79. The SMILES string of the molecule is CCC[C@H](c1ccc(C(=O)NCCC(=O)O)cc1)[C@@H](Oc1cc(C#N)c(Cl)c(C(F)(F)F)c1)C1C=CC(Cl)=CC1. The monoisotopic (exact) mass is 594 g/mol. The number of carboxylic acids is 1. The van der Waals surface area contributed by atoms with E-state index in [2.05, 4.69) is 5.32 Å². The predicted octanol–water partition coefficient (Wildman–Crippen LogP) is 7.47. The molecule has 6 nitrogen and oxygen atoms in total. The van der Waals surface area contributed by atoms with Crippen molar-refractivity contribution in [2.24, 2.45) is 5.92 Å². The number of carboxylic acid groups (broad SMARTS) is 1. The van der Waals surface area contributed by atoms with Crippen molar-refractivity contribution < 1.29 is 32.6 Å². The van der Waals surface area contributed by atoms with E-state index in [-0.39, 0.29) is 36.1 Å². The standard InChI is InChI=1S/C29H27Cl2F3N2O4/c1-2-3-23(17-4-6-19(7-5-17)28(39)36-13-12-25(37)38)27(18-8-10-21(30)11-9-18)40-22-14-20(16-35)26(31)24(15-22)29(32,33)34/h4-8,10-11,14-15,18,23,27H,2-3,9,12-13H2,1H3,(H,36,39)(H,37,38)/t18?,23-,27+/m1/s1. The summed E-state index contributed by atoms with van der Waals surface area (Å²) >= 11 is 12.0. The predicted molar refractivity (Wildman–Crippen MR) is 145 cm³/mol. The zero-order chi connectivity index (χ0) is 29.4. The highest BCUT2D eigenvalue weighted by Crippen LogP contribution is 2.41. The molecule has 0 saturated heterocycles. The minimum absolute atomic E-state index is 0.0138. The Labute approximate surface area is 240 Å². The Hall–Kier alpha value is -3.48. The van der Waals surface area contributed by atoms with Crippen molar-refractivity contribution in [2.45, 2.75) is 50.8 Å². The van der Waals surface area contributed by atoms with E-state index in [0.29, 0.717) is 23.4 Å². The van der Waals surface area contributed by atoms with Crippen molar-refractivity contribution in [1.82, 2.24) is 5.32 Å². The van der Waals surface area contributed by atoms with Gasteiger partial charge in [0.2, 0.25) is 0 Å². The first-order chi connectivity index (χ1) is 18.9. The fraction of sp³-hybridized carbons (Fsp3) is 0.345. The van der Waals surface area contributed by atoms with E-state index in [1.807, 2.05) is 13.0 Å². The number of amides is 1. The van der Waals surface area contributed by atoms with Crippen molar-refractivity contribution in [2.75, 3.05) is 6.54 Å². The van der Waals surface area contributed by atoms with Crippen LogP contribution in [0, 0.1) is 17.2 Å². The van der Waals surface area contributed by atoms with Crippen molar-refractivity contribution in [1.29, 1.82) is 5.26 Å². The van der Waals surface area contributed by atoms with Gasteiger partial charge in [0.25, 0.3) is 5.91 Å². The Morgan fingerprint density at radius 3 is 2.48 bits per heavy atom. The van der Waals surface area contributed by atoms with Crippen LogP contribution in [0.5, 0.6) is 5.75 Å². The summed E-state index contributed by atoms with van der Waals surface area (Å²) < 4.78 is 47.4. The molecule has 1 aliphatic rings. The van der Waals surface area contributed by atoms with E-state index in [4.69, 9.17) is 33.0 Å². The van der Waals surface area contributed by atoms with Crippen LogP contribution in [-0.4, -0.2) is 29.6 Å². The van der Waals surface area contributed by atoms with Crippen LogP contribution in [0.3, 0.4) is 0 Å². The van der Waals surface area contributed by atoms with E-state index >= 15 is 0 Å². The molecule has 2 N–H and O–H groups in total. The average Bonchev–Trinajstić information content (AvgIpc) is 2.91. The lowest BCUT2D eigenvalue weighted by Gasteiger charge is -2.34. The van der Waals surface area contributed by atoms with Crippen LogP contribution in [0.1, 0.15) is 65.6 Å². The molecule has 0 aromatic heterocycles. The van der Waals surface area contributed by atoms with Gasteiger partial charge in [-0.05, 0) is 48.7 Å². The van der Waals surface area contributed by atoms with E-state index in [0.717, 1.165) is 18.1 Å². The smallest absolute Gasteiger partial charge is 0.418 e. The second-order valence-corrected chi connectivity index (χ2v) is 10.1. The van der Waals surface area contributed by atoms with Crippen molar-refractivity contribution in [3.05, 3.63) is 86.9 Å². The number of allylic oxidation sites excluding steroid dienone is 3. The van der Waals surface area contributed by atoms with Crippen molar-refractivity contribution in [3.63, 3.8) is 0 Å². The maximum atomic E-state index is 13.7. The van der Waals surface area contributed by atoms with Gasteiger partial charge in [-0.15, -0.1) is 0 Å². The van der Waals surface area contributed by atoms with Gasteiger partial charge in [0, 0.05) is 29.0 Å². The zero-order valence-corrected chi connectivity index (χ0v) is 23.0. The number of aliphatic carboxylic acids is 1. The van der Waals surface area contributed by atoms with E-state index in [9.17, 15) is 28.0 Å². The molecular formula is C29H27Cl2F3N2O4. The maximum Gasteiger partial charge on any atom is 0.418 e. The summed E-state index contributed by atoms with van der Waals surface area (Å²) in [5.41, 5.74) is -0.374. The third kappa shape index (κ3) is 8.03. The topological polar surface area (TPSA) is 99.4 Å². The number of nitriles is 1. The van der Waals surface area contributed by atoms with E-state index in [1.54, 1.807) is 42.5 Å². The maximum absolute atomic E-state index is 13.7. The summed E-state index contributed by atoms with van der Waals surface area (Å²) in [6.45, 7) is 1.96. The quantitative estimate of drug-likeness (QED) is 0.281. The summed E-state index contributed by atoms with van der Waals surface area (Å²) in [5, 5.41) is 20.6. The Morgan fingerprint density at radius 2 is 1.93 bits per heavy atom. The molecule has 2 aromatic rings. The molecule has 1 aliphatic carbocycles. The van der Waals surface area contributed by atoms with E-state index in [1.165, 1.54) is 6.07 Å². The molecule has 0 bridgehead atoms. The molecule has 212 valence electrons. The van der Waals surface area contributed by atoms with Crippen LogP contribution >= 0.6 is 23.2 Å². The minimum Gasteiger partial charge on any atom is -0.489 e. The first-order valence-electron chi connectivity index (χ1n) is 12.6. The number of halogens is 5. The van der Waals surface area contributed by atoms with Crippen molar-refractivity contribution >= 4 is 35.1 Å². The number of rotatable bonds is 11. The molecular weight excluding hydrogens is 568 g/mol. The number of nitrogens with one attached hydrogen (secondary N) is 1. The van der Waals surface area contributed by atoms with Crippen LogP contribution in [-0.2, 0) is 11.0 Å². The van der Waals surface area contributed by atoms with Crippen LogP contribution in [0.2, 0.25) is 5.02 Å². The number of hydrogen-bond acceptors (Lipinski definition) is 4. The molecule has 3 rings (SSSR count). The van der Waals surface area contributed by atoms with Gasteiger partial charge in [0.05, 0.1) is 22.6 Å². The first kappa shape index (κ1) is 31.1. The lowest BCUT2D eigenvalue weighted by molar-refractivity contribution is -0.138. The van der Waals surface area contributed by atoms with Gasteiger partial charge >= 0.3 is 12.1 Å². The molecule has 0 heterocycles. The van der Waals surface area contributed by atoms with Crippen LogP contribution in [0.4, 0.5) is 13.2 Å². The third-order valence-electron chi connectivity index (χ3n) is 6.48. The Kier molecular flexibility index (Phi) is 10.7. The summed E-state index contributed by atoms with van der Waals surface area (Å²) in [6, 6.07) is 10.4. The molecule has 0 fully saturated rings. The van der Waals surface area contributed by atoms with Gasteiger partial charge in [-0.2, -0.15) is 18.4 Å². The van der Waals surface area contributed by atoms with Gasteiger partial charge in [0.15, 0.2) is 0 Å². The summed E-state index contributed by atoms with van der Waals surface area (Å²) in [5.74, 6) is -2.14. The van der Waals surface area contributed by atoms with Crippen LogP contribution < -0.4 is 10.1 Å². The Bertz CT molecular complexity index is 1330. The summed E-state index contributed by atoms with van der Waals surface area (Å²) in [6.07, 6.45) is 1.55. The molecule has 11 heteroatoms. The highest BCUT2D eigenvalue weighted by Gasteiger charge is 2.37. The lowest BCUT2D eigenvalue weighted by atomic mass is 9.80. The van der Waals surface area contributed by atoms with Crippen LogP contribution in [0.25, 0.3) is 0 Å². The van der Waals surface area contributed by atoms with E-state index < -0.39 is 34.7 Å². The second-order valence-electron chi connectivity index (χ2n) is 9.29. The lowest BCUT2D eigenvalue weighted by Crippen LogP contribution is -2.33. The highest BCUT2D eigenvalue weighted by molar-refractivity contribution is 6.32. The molecule has 2 aromatic carbocycles. The number of hydrogen-bond donors (Lipinski definition) is 2. The molecule has 0 saturated carbocycles. The van der Waals surface area contributed by atoms with Crippen molar-refractivity contribution in [3.8, 4) is 11.8 Å². The number of alkyl halides is 3. The molecule has 0 spiro atoms. The van der Waals surface area contributed by atoms with Gasteiger partial charge in [-0.1, -0.05) is 60.8 Å². The second kappa shape index (κ2) is 13.7. The van der Waals surface area contributed by atoms with Gasteiger partial charge in [-0.25, -0.2) is 0 Å². The molecule has 0 aliphatic heterocycles. The molecule has 40 heavy (non-hydrogen) atoms. The van der Waals surface area contributed by atoms with Gasteiger partial charge < -0.3 is 15.2 Å². The Balaban J connectivity index is 1.98. The molecule has 0 radical (unpaired) electrons. The molecule has 3 atom stereocenters. The first-order valence-corrected chi connectivity index (χ1v) is 13.3. The number of benzene rings is 2. The third-order valence-corrected chi connectivity index (χ3v) is 7.16. The largest absolute Gasteiger partial charge is 0.489 e. The Morgan fingerprint density at radius 1 is 1.23 bits per heavy atom. The summed E-state index contributed by atoms with van der Waals surface area (Å²) in [4.78, 5) is 23.1. The average molecular weight is 595 g/mol. The normalized spacial score (nSPS) is 16.4. The number of ether oxygens (including phenoxy) is 1. The fourth-order valence-corrected chi connectivity index (χ4v) is 4.95. The van der Waals surface area contributed by atoms with Crippen LogP contribution in [0.15, 0.2) is 59.7 Å². The molecule has 1 unspecified atom stereocenters. The van der Waals surface area contributed by atoms with Gasteiger partial charge in [0.1, 0.15) is 17.9 Å². The number of carbonyl (C=O) groups excluding carboxylic acids is 1. The molecule has 1 amide bonds. The zero-order valence-electron chi connectivity index (χ0n) is 21.5. The number of nitrogens with zero attached hydrogens (tertiary/aromatic N) is 1. The number of carbonyl (C=O) groups is 2. The highest BCUT2D eigenvalue weighted by atomic mass is 35.5. The summed E-state index contributed by atoms with van der Waals surface area (Å²) in [7, 11) is 0. The fourth-order valence-electron chi connectivity index (χ4n) is 4.53.